The molecule has 0 unspecified atom stereocenters. The van der Waals surface area contributed by atoms with Gasteiger partial charge in [-0.1, -0.05) is 0 Å². The summed E-state index contributed by atoms with van der Waals surface area (Å²) in [6, 6.07) is 6.83. The van der Waals surface area contributed by atoms with E-state index in [1.807, 2.05) is 6.07 Å². The van der Waals surface area contributed by atoms with E-state index in [1.165, 1.54) is 7.11 Å². The quantitative estimate of drug-likeness (QED) is 0.417. The molecule has 11 heteroatoms. The van der Waals surface area contributed by atoms with Gasteiger partial charge in [0.1, 0.15) is 5.00 Å². The van der Waals surface area contributed by atoms with Gasteiger partial charge in [0.25, 0.3) is 0 Å². The maximum atomic E-state index is 12.5. The third kappa shape index (κ3) is 6.03. The summed E-state index contributed by atoms with van der Waals surface area (Å²) >= 11 is 1.11. The lowest BCUT2D eigenvalue weighted by Crippen LogP contribution is -2.20. The highest BCUT2D eigenvalue weighted by Gasteiger charge is 2.32. The Balaban J connectivity index is 1.63. The van der Waals surface area contributed by atoms with Crippen LogP contribution in [0.15, 0.2) is 18.2 Å². The minimum Gasteiger partial charge on any atom is -0.493 e. The summed E-state index contributed by atoms with van der Waals surface area (Å²) in [5.74, 6) is -0.175. The van der Waals surface area contributed by atoms with Gasteiger partial charge in [-0.25, -0.2) is 13.2 Å². The van der Waals surface area contributed by atoms with Crippen molar-refractivity contribution in [1.82, 2.24) is 0 Å². The zero-order valence-corrected chi connectivity index (χ0v) is 19.9. The van der Waals surface area contributed by atoms with E-state index in [2.05, 4.69) is 5.32 Å². The second-order valence-corrected chi connectivity index (χ2v) is 10.5. The molecule has 1 N–H and O–H groups in total. The number of methoxy groups -OCH3 is 1. The third-order valence-corrected chi connectivity index (χ3v) is 7.82. The first-order valence-corrected chi connectivity index (χ1v) is 12.9. The lowest BCUT2D eigenvalue weighted by atomic mass is 10.1. The van der Waals surface area contributed by atoms with Crippen molar-refractivity contribution in [2.45, 2.75) is 31.9 Å². The van der Waals surface area contributed by atoms with Gasteiger partial charge < -0.3 is 19.5 Å². The summed E-state index contributed by atoms with van der Waals surface area (Å²) in [6.45, 7) is 2.09. The molecule has 0 aliphatic carbocycles. The zero-order valence-electron chi connectivity index (χ0n) is 18.3. The monoisotopic (exact) mass is 492 g/mol. The number of nitrogens with zero attached hydrogens (tertiary/aromatic N) is 1. The molecule has 1 aliphatic rings. The summed E-state index contributed by atoms with van der Waals surface area (Å²) in [5, 5.41) is 12.0. The van der Waals surface area contributed by atoms with Gasteiger partial charge in [-0.3, -0.25) is 4.79 Å². The second kappa shape index (κ2) is 10.7. The number of benzene rings is 1. The van der Waals surface area contributed by atoms with Crippen molar-refractivity contribution in [3.63, 3.8) is 0 Å². The number of thiophene rings is 1. The number of carbonyl (C=O) groups excluding carboxylic acids is 2. The van der Waals surface area contributed by atoms with Crippen molar-refractivity contribution in [1.29, 1.82) is 5.26 Å². The number of anilines is 1. The minimum absolute atomic E-state index is 0.0350. The standard InChI is InChI=1S/C22H24N2O7S2/c1-3-30-22(26)20-15-8-10-33(27,28)13-18(15)32-21(20)24-19(25)5-4-9-31-16-7-6-14(12-23)11-17(16)29-2/h6-7,11H,3-5,8-10,13H2,1-2H3,(H,24,25). The molecular formula is C22H24N2O7S2. The van der Waals surface area contributed by atoms with Gasteiger partial charge in [0.2, 0.25) is 5.91 Å². The second-order valence-electron chi connectivity index (χ2n) is 7.25. The third-order valence-electron chi connectivity index (χ3n) is 4.94. The fourth-order valence-electron chi connectivity index (χ4n) is 3.39. The van der Waals surface area contributed by atoms with Gasteiger partial charge >= 0.3 is 5.97 Å². The van der Waals surface area contributed by atoms with Gasteiger partial charge in [0, 0.05) is 17.4 Å². The molecule has 2 aromatic rings. The van der Waals surface area contributed by atoms with Crippen LogP contribution in [0.1, 0.15) is 46.1 Å². The molecule has 0 spiro atoms. The first-order valence-electron chi connectivity index (χ1n) is 10.3. The molecule has 0 bridgehead atoms. The Kier molecular flexibility index (Phi) is 7.94. The van der Waals surface area contributed by atoms with Crippen molar-refractivity contribution < 1.29 is 32.2 Å². The molecule has 2 heterocycles. The van der Waals surface area contributed by atoms with E-state index in [-0.39, 0.29) is 49.0 Å². The Morgan fingerprint density at radius 1 is 1.27 bits per heavy atom. The van der Waals surface area contributed by atoms with E-state index in [9.17, 15) is 18.0 Å². The van der Waals surface area contributed by atoms with Crippen molar-refractivity contribution in [3.05, 3.63) is 39.8 Å². The molecule has 0 fully saturated rings. The van der Waals surface area contributed by atoms with Crippen LogP contribution in [0.3, 0.4) is 0 Å². The maximum absolute atomic E-state index is 12.5. The van der Waals surface area contributed by atoms with E-state index in [4.69, 9.17) is 19.5 Å². The van der Waals surface area contributed by atoms with Gasteiger partial charge in [-0.05, 0) is 37.5 Å². The predicted molar refractivity (Wildman–Crippen MR) is 123 cm³/mol. The van der Waals surface area contributed by atoms with Crippen LogP contribution in [0.4, 0.5) is 5.00 Å². The zero-order chi connectivity index (χ0) is 24.0. The molecule has 176 valence electrons. The summed E-state index contributed by atoms with van der Waals surface area (Å²) < 4.78 is 40.0. The van der Waals surface area contributed by atoms with E-state index in [0.29, 0.717) is 38.9 Å². The Hall–Kier alpha value is -3.10. The van der Waals surface area contributed by atoms with Crippen molar-refractivity contribution >= 4 is 38.1 Å². The number of hydrogen-bond acceptors (Lipinski definition) is 9. The van der Waals surface area contributed by atoms with E-state index < -0.39 is 15.8 Å². The average Bonchev–Trinajstić information content (AvgIpc) is 3.12. The number of amides is 1. The number of carbonyl (C=O) groups is 2. The highest BCUT2D eigenvalue weighted by Crippen LogP contribution is 2.38. The molecule has 1 aliphatic heterocycles. The Morgan fingerprint density at radius 3 is 2.76 bits per heavy atom. The molecule has 0 saturated carbocycles. The van der Waals surface area contributed by atoms with Crippen LogP contribution in [0.2, 0.25) is 0 Å². The summed E-state index contributed by atoms with van der Waals surface area (Å²) in [6.07, 6.45) is 0.739. The van der Waals surface area contributed by atoms with Crippen molar-refractivity contribution in [2.75, 3.05) is 31.4 Å². The minimum atomic E-state index is -3.22. The van der Waals surface area contributed by atoms with Crippen LogP contribution >= 0.6 is 11.3 Å². The maximum Gasteiger partial charge on any atom is 0.341 e. The average molecular weight is 493 g/mol. The number of rotatable bonds is 9. The molecule has 9 nitrogen and oxygen atoms in total. The van der Waals surface area contributed by atoms with E-state index >= 15 is 0 Å². The number of hydrogen-bond donors (Lipinski definition) is 1. The molecular weight excluding hydrogens is 468 g/mol. The van der Waals surface area contributed by atoms with E-state index in [1.54, 1.807) is 25.1 Å². The first-order chi connectivity index (χ1) is 15.8. The van der Waals surface area contributed by atoms with Crippen LogP contribution in [-0.4, -0.2) is 46.4 Å². The van der Waals surface area contributed by atoms with Crippen LogP contribution in [0.5, 0.6) is 11.5 Å². The highest BCUT2D eigenvalue weighted by atomic mass is 32.2. The Labute approximate surface area is 196 Å². The van der Waals surface area contributed by atoms with Crippen molar-refractivity contribution in [2.24, 2.45) is 0 Å². The number of nitriles is 1. The molecule has 1 amide bonds. The first kappa shape index (κ1) is 24.5. The normalized spacial score (nSPS) is 14.0. The topological polar surface area (TPSA) is 132 Å². The van der Waals surface area contributed by atoms with Gasteiger partial charge in [-0.2, -0.15) is 5.26 Å². The van der Waals surface area contributed by atoms with Crippen molar-refractivity contribution in [3.8, 4) is 17.6 Å². The largest absolute Gasteiger partial charge is 0.493 e. The number of ether oxygens (including phenoxy) is 3. The van der Waals surface area contributed by atoms with Crippen LogP contribution < -0.4 is 14.8 Å². The fraction of sp³-hybridized carbons (Fsp3) is 0.409. The lowest BCUT2D eigenvalue weighted by molar-refractivity contribution is -0.116. The molecule has 0 atom stereocenters. The summed E-state index contributed by atoms with van der Waals surface area (Å²) in [5.41, 5.74) is 1.33. The van der Waals surface area contributed by atoms with Crippen LogP contribution in [0.25, 0.3) is 0 Å². The smallest absolute Gasteiger partial charge is 0.341 e. The molecule has 0 radical (unpaired) electrons. The van der Waals surface area contributed by atoms with Gasteiger partial charge in [-0.15, -0.1) is 11.3 Å². The molecule has 0 saturated heterocycles. The Bertz CT molecular complexity index is 1200. The van der Waals surface area contributed by atoms with Crippen LogP contribution in [-0.2, 0) is 31.5 Å². The Morgan fingerprint density at radius 2 is 2.06 bits per heavy atom. The summed E-state index contributed by atoms with van der Waals surface area (Å²) in [4.78, 5) is 25.6. The number of nitrogens with one attached hydrogen (secondary N) is 1. The van der Waals surface area contributed by atoms with E-state index in [0.717, 1.165) is 11.3 Å². The van der Waals surface area contributed by atoms with Crippen LogP contribution in [0, 0.1) is 11.3 Å². The van der Waals surface area contributed by atoms with Gasteiger partial charge in [0.15, 0.2) is 21.3 Å². The SMILES string of the molecule is CCOC(=O)c1c(NC(=O)CCCOc2ccc(C#N)cc2OC)sc2c1CCS(=O)(=O)C2. The number of fused-ring (bicyclic) bond motifs is 1. The number of sulfone groups is 1. The predicted octanol–water partition coefficient (Wildman–Crippen LogP) is 3.07. The molecule has 1 aromatic heterocycles. The summed E-state index contributed by atoms with van der Waals surface area (Å²) in [7, 11) is -1.74. The molecule has 3 rings (SSSR count). The molecule has 33 heavy (non-hydrogen) atoms. The molecule has 1 aromatic carbocycles. The van der Waals surface area contributed by atoms with Gasteiger partial charge in [0.05, 0.1) is 49.0 Å². The highest BCUT2D eigenvalue weighted by molar-refractivity contribution is 7.90. The lowest BCUT2D eigenvalue weighted by Gasteiger charge is -2.13. The fourth-order valence-corrected chi connectivity index (χ4v) is 6.45. The number of esters is 1.